The van der Waals surface area contributed by atoms with Gasteiger partial charge in [-0.25, -0.2) is 9.97 Å². The first kappa shape index (κ1) is 18.3. The molecule has 3 fully saturated rings. The van der Waals surface area contributed by atoms with E-state index < -0.39 is 0 Å². The number of carbonyl (C=O) groups excluding carboxylic acids is 2. The van der Waals surface area contributed by atoms with Crippen LogP contribution in [0.5, 0.6) is 0 Å². The molecule has 1 atom stereocenters. The number of aromatic nitrogens is 2. The van der Waals surface area contributed by atoms with Gasteiger partial charge in [-0.1, -0.05) is 0 Å². The van der Waals surface area contributed by atoms with Crippen molar-refractivity contribution in [2.75, 3.05) is 32.8 Å². The van der Waals surface area contributed by atoms with Crippen molar-refractivity contribution in [2.24, 2.45) is 17.3 Å². The van der Waals surface area contributed by atoms with Crippen LogP contribution in [0.3, 0.4) is 0 Å². The van der Waals surface area contributed by atoms with E-state index in [2.05, 4.69) is 15.3 Å². The predicted molar refractivity (Wildman–Crippen MR) is 99.1 cm³/mol. The minimum absolute atomic E-state index is 0.0923. The average Bonchev–Trinajstić information content (AvgIpc) is 3.43. The summed E-state index contributed by atoms with van der Waals surface area (Å²) in [7, 11) is 0. The van der Waals surface area contributed by atoms with E-state index in [9.17, 15) is 9.59 Å². The third kappa shape index (κ3) is 3.57. The Morgan fingerprint density at radius 1 is 1.26 bits per heavy atom. The number of likely N-dealkylation sites (tertiary alicyclic amines) is 1. The normalized spacial score (nSPS) is 24.2. The fourth-order valence-electron chi connectivity index (χ4n) is 4.36. The highest BCUT2D eigenvalue weighted by molar-refractivity contribution is 5.95. The molecule has 2 saturated heterocycles. The number of carbonyl (C=O) groups is 2. The highest BCUT2D eigenvalue weighted by Crippen LogP contribution is 2.45. The second kappa shape index (κ2) is 7.19. The van der Waals surface area contributed by atoms with Crippen LogP contribution < -0.4 is 5.32 Å². The first-order valence-corrected chi connectivity index (χ1v) is 9.93. The van der Waals surface area contributed by atoms with Crippen molar-refractivity contribution >= 4 is 11.8 Å². The van der Waals surface area contributed by atoms with Gasteiger partial charge in [0.25, 0.3) is 5.91 Å². The highest BCUT2D eigenvalue weighted by Gasteiger charge is 2.52. The summed E-state index contributed by atoms with van der Waals surface area (Å²) in [5.41, 5.74) is 1.89. The molecule has 1 aliphatic carbocycles. The van der Waals surface area contributed by atoms with Crippen molar-refractivity contribution in [1.29, 1.82) is 0 Å². The van der Waals surface area contributed by atoms with E-state index in [1.165, 1.54) is 19.2 Å². The Bertz CT molecular complexity index is 741. The van der Waals surface area contributed by atoms with Crippen molar-refractivity contribution in [3.63, 3.8) is 0 Å². The molecule has 4 rings (SSSR count). The molecule has 2 aliphatic heterocycles. The molecule has 27 heavy (non-hydrogen) atoms. The van der Waals surface area contributed by atoms with Crippen LogP contribution in [0.2, 0.25) is 0 Å². The number of nitrogens with one attached hydrogen (secondary N) is 1. The Labute approximate surface area is 159 Å². The zero-order valence-corrected chi connectivity index (χ0v) is 16.2. The Morgan fingerprint density at radius 2 is 2.00 bits per heavy atom. The molecule has 0 bridgehead atoms. The second-order valence-corrected chi connectivity index (χ2v) is 8.33. The fraction of sp³-hybridized carbons (Fsp3) is 0.700. The van der Waals surface area contributed by atoms with Crippen LogP contribution in [-0.4, -0.2) is 59.5 Å². The maximum absolute atomic E-state index is 13.2. The number of nitrogens with zero attached hydrogens (tertiary/aromatic N) is 3. The summed E-state index contributed by atoms with van der Waals surface area (Å²) >= 11 is 0. The topological polar surface area (TPSA) is 84.4 Å². The molecular weight excluding hydrogens is 344 g/mol. The summed E-state index contributed by atoms with van der Waals surface area (Å²) in [5.74, 6) is 0.466. The monoisotopic (exact) mass is 372 g/mol. The summed E-state index contributed by atoms with van der Waals surface area (Å²) in [5, 5.41) is 3.13. The van der Waals surface area contributed by atoms with Gasteiger partial charge in [0.2, 0.25) is 5.91 Å². The summed E-state index contributed by atoms with van der Waals surface area (Å²) in [6.07, 6.45) is 5.50. The standard InChI is InChI=1S/C20H28N4O3/c1-13-14(2)22-12-23-17(13)19(26)24-10-16(18(25)21-9-15-3-4-15)20(11-24)5-7-27-8-6-20/h12,15-16H,3-11H2,1-2H3,(H,21,25). The van der Waals surface area contributed by atoms with Crippen LogP contribution in [0.4, 0.5) is 0 Å². The molecule has 1 aromatic heterocycles. The lowest BCUT2D eigenvalue weighted by Crippen LogP contribution is -2.44. The van der Waals surface area contributed by atoms with Gasteiger partial charge in [-0.05, 0) is 45.4 Å². The summed E-state index contributed by atoms with van der Waals surface area (Å²) in [4.78, 5) is 36.3. The van der Waals surface area contributed by atoms with Crippen molar-refractivity contribution in [3.8, 4) is 0 Å². The van der Waals surface area contributed by atoms with Gasteiger partial charge in [0.05, 0.1) is 5.92 Å². The number of amides is 2. The van der Waals surface area contributed by atoms with Crippen LogP contribution in [-0.2, 0) is 9.53 Å². The first-order valence-electron chi connectivity index (χ1n) is 9.93. The van der Waals surface area contributed by atoms with E-state index in [1.54, 1.807) is 0 Å². The molecule has 0 aromatic carbocycles. The molecule has 1 unspecified atom stereocenters. The molecule has 146 valence electrons. The minimum Gasteiger partial charge on any atom is -0.381 e. The van der Waals surface area contributed by atoms with Crippen molar-refractivity contribution in [2.45, 2.75) is 39.5 Å². The molecule has 1 saturated carbocycles. The van der Waals surface area contributed by atoms with Crippen LogP contribution in [0.25, 0.3) is 0 Å². The van der Waals surface area contributed by atoms with Gasteiger partial charge in [-0.3, -0.25) is 9.59 Å². The molecule has 7 nitrogen and oxygen atoms in total. The van der Waals surface area contributed by atoms with Crippen LogP contribution in [0.1, 0.15) is 47.4 Å². The quantitative estimate of drug-likeness (QED) is 0.866. The number of hydrogen-bond acceptors (Lipinski definition) is 5. The van der Waals surface area contributed by atoms with Crippen molar-refractivity contribution in [3.05, 3.63) is 23.3 Å². The van der Waals surface area contributed by atoms with Gasteiger partial charge in [0.15, 0.2) is 0 Å². The molecule has 7 heteroatoms. The minimum atomic E-state index is -0.183. The summed E-state index contributed by atoms with van der Waals surface area (Å²) in [6.45, 7) is 6.88. The number of aryl methyl sites for hydroxylation is 1. The van der Waals surface area contributed by atoms with Gasteiger partial charge < -0.3 is 15.0 Å². The van der Waals surface area contributed by atoms with Gasteiger partial charge in [-0.15, -0.1) is 0 Å². The Morgan fingerprint density at radius 3 is 2.70 bits per heavy atom. The van der Waals surface area contributed by atoms with E-state index in [1.807, 2.05) is 18.7 Å². The molecule has 3 heterocycles. The van der Waals surface area contributed by atoms with E-state index in [4.69, 9.17) is 4.74 Å². The Hall–Kier alpha value is -2.02. The zero-order valence-electron chi connectivity index (χ0n) is 16.2. The molecule has 3 aliphatic rings. The zero-order chi connectivity index (χ0) is 19.0. The van der Waals surface area contributed by atoms with Gasteiger partial charge >= 0.3 is 0 Å². The van der Waals surface area contributed by atoms with Gasteiger partial charge in [-0.2, -0.15) is 0 Å². The maximum atomic E-state index is 13.2. The molecule has 2 amide bonds. The smallest absolute Gasteiger partial charge is 0.272 e. The number of ether oxygens (including phenoxy) is 1. The van der Waals surface area contributed by atoms with E-state index in [0.717, 1.165) is 30.6 Å². The summed E-state index contributed by atoms with van der Waals surface area (Å²) in [6, 6.07) is 0. The summed E-state index contributed by atoms with van der Waals surface area (Å²) < 4.78 is 5.55. The van der Waals surface area contributed by atoms with Crippen LogP contribution >= 0.6 is 0 Å². The lowest BCUT2D eigenvalue weighted by Gasteiger charge is -2.37. The second-order valence-electron chi connectivity index (χ2n) is 8.33. The Balaban J connectivity index is 1.55. The SMILES string of the molecule is Cc1ncnc(C(=O)N2CC(C(=O)NCC3CC3)C3(CCOCC3)C2)c1C. The first-order chi connectivity index (χ1) is 13.0. The molecular formula is C20H28N4O3. The van der Waals surface area contributed by atoms with Gasteiger partial charge in [0, 0.05) is 49.5 Å². The van der Waals surface area contributed by atoms with Crippen molar-refractivity contribution in [1.82, 2.24) is 20.2 Å². The van der Waals surface area contributed by atoms with Crippen LogP contribution in [0.15, 0.2) is 6.33 Å². The van der Waals surface area contributed by atoms with E-state index in [0.29, 0.717) is 37.9 Å². The highest BCUT2D eigenvalue weighted by atomic mass is 16.5. The predicted octanol–water partition coefficient (Wildman–Crippen LogP) is 1.49. The maximum Gasteiger partial charge on any atom is 0.272 e. The van der Waals surface area contributed by atoms with Crippen molar-refractivity contribution < 1.29 is 14.3 Å². The molecule has 1 aromatic rings. The molecule has 1 spiro atoms. The molecule has 0 radical (unpaired) electrons. The van der Waals surface area contributed by atoms with Crippen LogP contribution in [0, 0.1) is 31.1 Å². The van der Waals surface area contributed by atoms with Gasteiger partial charge in [0.1, 0.15) is 12.0 Å². The molecule has 1 N–H and O–H groups in total. The fourth-order valence-corrected chi connectivity index (χ4v) is 4.36. The van der Waals surface area contributed by atoms with E-state index in [-0.39, 0.29) is 23.1 Å². The van der Waals surface area contributed by atoms with E-state index >= 15 is 0 Å². The number of hydrogen-bond donors (Lipinski definition) is 1. The Kier molecular flexibility index (Phi) is 4.88. The third-order valence-corrected chi connectivity index (χ3v) is 6.54. The lowest BCUT2D eigenvalue weighted by atomic mass is 9.71. The largest absolute Gasteiger partial charge is 0.381 e. The third-order valence-electron chi connectivity index (χ3n) is 6.54. The lowest BCUT2D eigenvalue weighted by molar-refractivity contribution is -0.129. The average molecular weight is 372 g/mol. The number of rotatable bonds is 4.